The average molecular weight is 356 g/mol. The molecule has 2 N–H and O–H groups in total. The predicted molar refractivity (Wildman–Crippen MR) is 83.6 cm³/mol. The van der Waals surface area contributed by atoms with Crippen molar-refractivity contribution in [2.45, 2.75) is 32.9 Å². The van der Waals surface area contributed by atoms with E-state index in [9.17, 15) is 4.39 Å². The molecule has 0 aliphatic carbocycles. The third-order valence-electron chi connectivity index (χ3n) is 3.34. The summed E-state index contributed by atoms with van der Waals surface area (Å²) >= 11 is 3.53. The highest BCUT2D eigenvalue weighted by Crippen LogP contribution is 2.25. The van der Waals surface area contributed by atoms with Gasteiger partial charge in [-0.3, -0.25) is 4.68 Å². The van der Waals surface area contributed by atoms with Gasteiger partial charge < -0.3 is 10.5 Å². The van der Waals surface area contributed by atoms with Crippen molar-refractivity contribution in [2.75, 3.05) is 0 Å². The van der Waals surface area contributed by atoms with Crippen LogP contribution >= 0.6 is 15.9 Å². The molecule has 4 nitrogen and oxygen atoms in total. The van der Waals surface area contributed by atoms with Crippen LogP contribution in [0.4, 0.5) is 4.39 Å². The van der Waals surface area contributed by atoms with E-state index in [2.05, 4.69) is 21.0 Å². The van der Waals surface area contributed by atoms with Gasteiger partial charge in [0.15, 0.2) is 0 Å². The molecule has 0 radical (unpaired) electrons. The molecule has 0 bridgehead atoms. The first-order valence-corrected chi connectivity index (χ1v) is 7.61. The van der Waals surface area contributed by atoms with Crippen molar-refractivity contribution in [3.05, 3.63) is 45.4 Å². The molecule has 1 aromatic heterocycles. The maximum atomic E-state index is 13.9. The zero-order chi connectivity index (χ0) is 15.6. The molecule has 1 aromatic carbocycles. The summed E-state index contributed by atoms with van der Waals surface area (Å²) in [6.45, 7) is 4.11. The lowest BCUT2D eigenvalue weighted by Crippen LogP contribution is -2.08. The Kier molecular flexibility index (Phi) is 5.00. The highest BCUT2D eigenvalue weighted by atomic mass is 79.9. The highest BCUT2D eigenvalue weighted by molar-refractivity contribution is 9.10. The van der Waals surface area contributed by atoms with Crippen LogP contribution in [0.25, 0.3) is 0 Å². The summed E-state index contributed by atoms with van der Waals surface area (Å²) in [5.74, 6) is 0.129. The highest BCUT2D eigenvalue weighted by Gasteiger charge is 2.14. The first-order valence-electron chi connectivity index (χ1n) is 6.82. The molecule has 0 saturated carbocycles. The topological polar surface area (TPSA) is 53.1 Å². The van der Waals surface area contributed by atoms with E-state index < -0.39 is 0 Å². The number of nitrogens with two attached hydrogens (primary N) is 1. The first kappa shape index (κ1) is 16.0. The number of hydrogen-bond acceptors (Lipinski definition) is 3. The van der Waals surface area contributed by atoms with Gasteiger partial charge in [0.2, 0.25) is 0 Å². The Morgan fingerprint density at radius 2 is 2.19 bits per heavy atom. The quantitative estimate of drug-likeness (QED) is 0.892. The standard InChI is InChI=1S/C15H19BrFN3O/c1-4-13-15(16)14(20(3)19-13)8-21-10-5-6-11(9(2)18)12(17)7-10/h5-7,9H,4,8,18H2,1-3H3/t9-/m1/s1. The zero-order valence-corrected chi connectivity index (χ0v) is 13.9. The molecule has 0 spiro atoms. The van der Waals surface area contributed by atoms with Crippen LogP contribution < -0.4 is 10.5 Å². The maximum absolute atomic E-state index is 13.9. The Labute approximate surface area is 132 Å². The van der Waals surface area contributed by atoms with Crippen LogP contribution in [-0.4, -0.2) is 9.78 Å². The third-order valence-corrected chi connectivity index (χ3v) is 4.26. The van der Waals surface area contributed by atoms with Gasteiger partial charge in [-0.15, -0.1) is 0 Å². The summed E-state index contributed by atoms with van der Waals surface area (Å²) in [5.41, 5.74) is 8.07. The molecule has 21 heavy (non-hydrogen) atoms. The number of hydrogen-bond donors (Lipinski definition) is 1. The molecule has 1 heterocycles. The normalized spacial score (nSPS) is 12.5. The number of benzene rings is 1. The molecule has 0 amide bonds. The van der Waals surface area contributed by atoms with E-state index in [0.717, 1.165) is 22.3 Å². The number of rotatable bonds is 5. The summed E-state index contributed by atoms with van der Waals surface area (Å²) in [7, 11) is 1.86. The number of ether oxygens (including phenoxy) is 1. The van der Waals surface area contributed by atoms with Crippen LogP contribution in [0.5, 0.6) is 5.75 Å². The average Bonchev–Trinajstić information content (AvgIpc) is 2.71. The number of nitrogens with zero attached hydrogens (tertiary/aromatic N) is 2. The third kappa shape index (κ3) is 3.44. The molecule has 0 aliphatic heterocycles. The van der Waals surface area contributed by atoms with Gasteiger partial charge in [0, 0.05) is 24.7 Å². The molecule has 2 aromatic rings. The van der Waals surface area contributed by atoms with E-state index in [-0.39, 0.29) is 11.9 Å². The SMILES string of the molecule is CCc1nn(C)c(COc2ccc([C@@H](C)N)c(F)c2)c1Br. The van der Waals surface area contributed by atoms with Crippen molar-refractivity contribution in [2.24, 2.45) is 12.8 Å². The largest absolute Gasteiger partial charge is 0.487 e. The van der Waals surface area contributed by atoms with E-state index in [1.165, 1.54) is 6.07 Å². The minimum Gasteiger partial charge on any atom is -0.487 e. The minimum absolute atomic E-state index is 0.320. The van der Waals surface area contributed by atoms with Gasteiger partial charge in [0.25, 0.3) is 0 Å². The van der Waals surface area contributed by atoms with Gasteiger partial charge in [-0.2, -0.15) is 5.10 Å². The van der Waals surface area contributed by atoms with Gasteiger partial charge in [0.05, 0.1) is 15.9 Å². The Hall–Kier alpha value is -1.40. The summed E-state index contributed by atoms with van der Waals surface area (Å²) in [5, 5.41) is 4.39. The first-order chi connectivity index (χ1) is 9.93. The van der Waals surface area contributed by atoms with Crippen LogP contribution in [0, 0.1) is 5.82 Å². The summed E-state index contributed by atoms with van der Waals surface area (Å²) in [6, 6.07) is 4.42. The summed E-state index contributed by atoms with van der Waals surface area (Å²) in [6.07, 6.45) is 0.839. The van der Waals surface area contributed by atoms with E-state index in [1.807, 2.05) is 14.0 Å². The summed E-state index contributed by atoms with van der Waals surface area (Å²) in [4.78, 5) is 0. The second-order valence-corrected chi connectivity index (χ2v) is 5.74. The Balaban J connectivity index is 2.13. The Bertz CT molecular complexity index is 640. The van der Waals surface area contributed by atoms with Crippen molar-refractivity contribution < 1.29 is 9.13 Å². The number of aromatic nitrogens is 2. The predicted octanol–water partition coefficient (Wildman–Crippen LogP) is 3.48. The fourth-order valence-electron chi connectivity index (χ4n) is 2.10. The monoisotopic (exact) mass is 355 g/mol. The van der Waals surface area contributed by atoms with Crippen LogP contribution in [0.15, 0.2) is 22.7 Å². The fourth-order valence-corrected chi connectivity index (χ4v) is 2.83. The van der Waals surface area contributed by atoms with Crippen LogP contribution in [0.1, 0.15) is 36.8 Å². The molecular weight excluding hydrogens is 337 g/mol. The summed E-state index contributed by atoms with van der Waals surface area (Å²) < 4.78 is 22.2. The van der Waals surface area contributed by atoms with Crippen LogP contribution in [0.3, 0.4) is 0 Å². The minimum atomic E-state index is -0.346. The van der Waals surface area contributed by atoms with E-state index >= 15 is 0 Å². The van der Waals surface area contributed by atoms with Gasteiger partial charge in [0.1, 0.15) is 18.2 Å². The Morgan fingerprint density at radius 1 is 1.48 bits per heavy atom. The van der Waals surface area contributed by atoms with Gasteiger partial charge in [-0.25, -0.2) is 4.39 Å². The fraction of sp³-hybridized carbons (Fsp3) is 0.400. The maximum Gasteiger partial charge on any atom is 0.131 e. The van der Waals surface area contributed by atoms with Gasteiger partial charge in [-0.1, -0.05) is 13.0 Å². The van der Waals surface area contributed by atoms with E-state index in [4.69, 9.17) is 10.5 Å². The van der Waals surface area contributed by atoms with Crippen LogP contribution in [-0.2, 0) is 20.1 Å². The van der Waals surface area contributed by atoms with Crippen molar-refractivity contribution in [3.63, 3.8) is 0 Å². The molecule has 0 fully saturated rings. The zero-order valence-electron chi connectivity index (χ0n) is 12.4. The van der Waals surface area contributed by atoms with Gasteiger partial charge in [-0.05, 0) is 35.3 Å². The smallest absolute Gasteiger partial charge is 0.131 e. The molecular formula is C15H19BrFN3O. The second kappa shape index (κ2) is 6.58. The number of aryl methyl sites for hydroxylation is 2. The molecule has 6 heteroatoms. The van der Waals surface area contributed by atoms with Crippen molar-refractivity contribution in [3.8, 4) is 5.75 Å². The number of halogens is 2. The molecule has 1 atom stereocenters. The second-order valence-electron chi connectivity index (χ2n) is 4.95. The van der Waals surface area contributed by atoms with Crippen LogP contribution in [0.2, 0.25) is 0 Å². The lowest BCUT2D eigenvalue weighted by Gasteiger charge is -2.11. The molecule has 0 unspecified atom stereocenters. The van der Waals surface area contributed by atoms with E-state index in [0.29, 0.717) is 17.9 Å². The van der Waals surface area contributed by atoms with Crippen molar-refractivity contribution >= 4 is 15.9 Å². The molecule has 0 aliphatic rings. The lowest BCUT2D eigenvalue weighted by molar-refractivity contribution is 0.292. The Morgan fingerprint density at radius 3 is 2.71 bits per heavy atom. The van der Waals surface area contributed by atoms with Gasteiger partial charge >= 0.3 is 0 Å². The molecule has 0 saturated heterocycles. The lowest BCUT2D eigenvalue weighted by atomic mass is 10.1. The molecule has 2 rings (SSSR count). The molecule has 114 valence electrons. The van der Waals surface area contributed by atoms with E-state index in [1.54, 1.807) is 23.7 Å². The van der Waals surface area contributed by atoms with Crippen molar-refractivity contribution in [1.82, 2.24) is 9.78 Å². The van der Waals surface area contributed by atoms with Crippen molar-refractivity contribution in [1.29, 1.82) is 0 Å².